The fraction of sp³-hybridized carbons (Fsp3) is 0.458. The molecule has 3 rings (SSSR count). The summed E-state index contributed by atoms with van der Waals surface area (Å²) in [5, 5.41) is 3.21. The van der Waals surface area contributed by atoms with Crippen LogP contribution in [0.4, 0.5) is 4.39 Å². The molecule has 1 amide bonds. The molecule has 29 heavy (non-hydrogen) atoms. The number of piperidine rings is 1. The highest BCUT2D eigenvalue weighted by Crippen LogP contribution is 2.15. The number of hydrogen-bond acceptors (Lipinski definition) is 3. The standard InChI is InChI=1S/C24H32FN3O/c1-18-9-10-21(15-23(18)25)16-27(3)19(2)24(29)26-22-11-13-28(14-12-22)17-20-7-5-4-6-8-20/h4-10,15,19,22H,11-14,16-17H2,1-3H3,(H,26,29). The van der Waals surface area contributed by atoms with Gasteiger partial charge in [0, 0.05) is 32.2 Å². The van der Waals surface area contributed by atoms with Crippen molar-refractivity contribution in [3.05, 3.63) is 71.0 Å². The van der Waals surface area contributed by atoms with Crippen LogP contribution in [0, 0.1) is 12.7 Å². The predicted molar refractivity (Wildman–Crippen MR) is 115 cm³/mol. The molecule has 1 unspecified atom stereocenters. The Morgan fingerprint density at radius 1 is 1.17 bits per heavy atom. The van der Waals surface area contributed by atoms with E-state index in [4.69, 9.17) is 0 Å². The van der Waals surface area contributed by atoms with Gasteiger partial charge in [-0.25, -0.2) is 4.39 Å². The Balaban J connectivity index is 1.44. The Morgan fingerprint density at radius 3 is 2.52 bits per heavy atom. The van der Waals surface area contributed by atoms with Crippen LogP contribution in [0.5, 0.6) is 0 Å². The molecule has 2 aromatic carbocycles. The maximum Gasteiger partial charge on any atom is 0.237 e. The number of amides is 1. The summed E-state index contributed by atoms with van der Waals surface area (Å²) in [5.41, 5.74) is 2.85. The average molecular weight is 398 g/mol. The van der Waals surface area contributed by atoms with Crippen LogP contribution in [0.3, 0.4) is 0 Å². The third-order valence-electron chi connectivity index (χ3n) is 5.89. The number of nitrogens with one attached hydrogen (secondary N) is 1. The first-order chi connectivity index (χ1) is 13.9. The lowest BCUT2D eigenvalue weighted by Gasteiger charge is -2.33. The Morgan fingerprint density at radius 2 is 1.86 bits per heavy atom. The molecule has 1 aliphatic heterocycles. The van der Waals surface area contributed by atoms with E-state index in [0.29, 0.717) is 12.1 Å². The second kappa shape index (κ2) is 9.99. The molecule has 1 N–H and O–H groups in total. The highest BCUT2D eigenvalue weighted by molar-refractivity contribution is 5.81. The summed E-state index contributed by atoms with van der Waals surface area (Å²) in [6.07, 6.45) is 1.94. The first-order valence-corrected chi connectivity index (χ1v) is 10.4. The molecule has 0 aromatic heterocycles. The number of benzene rings is 2. The minimum atomic E-state index is -0.262. The molecule has 1 fully saturated rings. The van der Waals surface area contributed by atoms with E-state index in [1.165, 1.54) is 5.56 Å². The first-order valence-electron chi connectivity index (χ1n) is 10.4. The average Bonchev–Trinajstić information content (AvgIpc) is 2.72. The molecule has 1 saturated heterocycles. The summed E-state index contributed by atoms with van der Waals surface area (Å²) in [6.45, 7) is 7.16. The number of nitrogens with zero attached hydrogens (tertiary/aromatic N) is 2. The van der Waals surface area contributed by atoms with Gasteiger partial charge in [0.1, 0.15) is 5.82 Å². The summed E-state index contributed by atoms with van der Waals surface area (Å²) in [6, 6.07) is 15.7. The summed E-state index contributed by atoms with van der Waals surface area (Å²) in [7, 11) is 1.91. The van der Waals surface area contributed by atoms with Gasteiger partial charge in [0.2, 0.25) is 5.91 Å². The zero-order valence-electron chi connectivity index (χ0n) is 17.7. The van der Waals surface area contributed by atoms with Crippen molar-refractivity contribution in [1.82, 2.24) is 15.1 Å². The van der Waals surface area contributed by atoms with Gasteiger partial charge >= 0.3 is 0 Å². The maximum absolute atomic E-state index is 13.8. The van der Waals surface area contributed by atoms with Gasteiger partial charge in [-0.2, -0.15) is 0 Å². The van der Waals surface area contributed by atoms with Gasteiger partial charge in [0.25, 0.3) is 0 Å². The fourth-order valence-electron chi connectivity index (χ4n) is 3.76. The minimum absolute atomic E-state index is 0.0431. The first kappa shape index (κ1) is 21.5. The third kappa shape index (κ3) is 6.12. The molecule has 0 saturated carbocycles. The van der Waals surface area contributed by atoms with Crippen LogP contribution in [0.2, 0.25) is 0 Å². The monoisotopic (exact) mass is 397 g/mol. The van der Waals surface area contributed by atoms with E-state index < -0.39 is 0 Å². The van der Waals surface area contributed by atoms with E-state index >= 15 is 0 Å². The number of likely N-dealkylation sites (N-methyl/N-ethyl adjacent to an activating group) is 1. The van der Waals surface area contributed by atoms with Gasteiger partial charge < -0.3 is 5.32 Å². The lowest BCUT2D eigenvalue weighted by molar-refractivity contribution is -0.126. The van der Waals surface area contributed by atoms with Crippen LogP contribution in [-0.4, -0.2) is 47.9 Å². The second-order valence-corrected chi connectivity index (χ2v) is 8.22. The summed E-state index contributed by atoms with van der Waals surface area (Å²) in [5.74, 6) is -0.156. The molecule has 2 aromatic rings. The summed E-state index contributed by atoms with van der Waals surface area (Å²) in [4.78, 5) is 17.1. The molecule has 1 aliphatic rings. The number of rotatable bonds is 7. The zero-order valence-corrected chi connectivity index (χ0v) is 17.7. The summed E-state index contributed by atoms with van der Waals surface area (Å²) < 4.78 is 13.8. The maximum atomic E-state index is 13.8. The second-order valence-electron chi connectivity index (χ2n) is 8.22. The van der Waals surface area contributed by atoms with E-state index in [2.05, 4.69) is 34.5 Å². The number of likely N-dealkylation sites (tertiary alicyclic amines) is 1. The minimum Gasteiger partial charge on any atom is -0.352 e. The molecule has 1 atom stereocenters. The van der Waals surface area contributed by atoms with Crippen molar-refractivity contribution >= 4 is 5.91 Å². The molecular formula is C24H32FN3O. The van der Waals surface area contributed by atoms with Gasteiger partial charge in [-0.05, 0) is 56.5 Å². The predicted octanol–water partition coefficient (Wildman–Crippen LogP) is 3.74. The van der Waals surface area contributed by atoms with Crippen molar-refractivity contribution in [2.45, 2.75) is 51.9 Å². The van der Waals surface area contributed by atoms with Crippen molar-refractivity contribution in [1.29, 1.82) is 0 Å². The largest absolute Gasteiger partial charge is 0.352 e. The van der Waals surface area contributed by atoms with E-state index in [1.807, 2.05) is 31.0 Å². The quantitative estimate of drug-likeness (QED) is 0.773. The van der Waals surface area contributed by atoms with Crippen LogP contribution in [0.15, 0.2) is 48.5 Å². The van der Waals surface area contributed by atoms with Gasteiger partial charge in [-0.3, -0.25) is 14.6 Å². The van der Waals surface area contributed by atoms with Crippen molar-refractivity contribution in [3.8, 4) is 0 Å². The third-order valence-corrected chi connectivity index (χ3v) is 5.89. The molecule has 1 heterocycles. The molecule has 5 heteroatoms. The Kier molecular flexibility index (Phi) is 7.40. The highest BCUT2D eigenvalue weighted by atomic mass is 19.1. The molecule has 0 radical (unpaired) electrons. The molecule has 0 spiro atoms. The van der Waals surface area contributed by atoms with E-state index in [-0.39, 0.29) is 23.8 Å². The van der Waals surface area contributed by atoms with Gasteiger partial charge in [-0.1, -0.05) is 42.5 Å². The van der Waals surface area contributed by atoms with Gasteiger partial charge in [0.05, 0.1) is 6.04 Å². The van der Waals surface area contributed by atoms with Crippen LogP contribution in [-0.2, 0) is 17.9 Å². The molecule has 0 bridgehead atoms. The van der Waals surface area contributed by atoms with Crippen LogP contribution >= 0.6 is 0 Å². The lowest BCUT2D eigenvalue weighted by atomic mass is 10.0. The number of halogens is 1. The fourth-order valence-corrected chi connectivity index (χ4v) is 3.76. The summed E-state index contributed by atoms with van der Waals surface area (Å²) >= 11 is 0. The lowest BCUT2D eigenvalue weighted by Crippen LogP contribution is -2.50. The van der Waals surface area contributed by atoms with Gasteiger partial charge in [0.15, 0.2) is 0 Å². The Hall–Kier alpha value is -2.24. The van der Waals surface area contributed by atoms with Crippen molar-refractivity contribution in [3.63, 3.8) is 0 Å². The molecule has 0 aliphatic carbocycles. The normalized spacial score (nSPS) is 16.7. The van der Waals surface area contributed by atoms with E-state index in [9.17, 15) is 9.18 Å². The van der Waals surface area contributed by atoms with Crippen molar-refractivity contribution < 1.29 is 9.18 Å². The van der Waals surface area contributed by atoms with Crippen LogP contribution < -0.4 is 5.32 Å². The van der Waals surface area contributed by atoms with Gasteiger partial charge in [-0.15, -0.1) is 0 Å². The van der Waals surface area contributed by atoms with Crippen LogP contribution in [0.25, 0.3) is 0 Å². The molecular weight excluding hydrogens is 365 g/mol. The highest BCUT2D eigenvalue weighted by Gasteiger charge is 2.24. The number of aryl methyl sites for hydroxylation is 1. The van der Waals surface area contributed by atoms with Crippen LogP contribution in [0.1, 0.15) is 36.5 Å². The molecule has 156 valence electrons. The smallest absolute Gasteiger partial charge is 0.237 e. The topological polar surface area (TPSA) is 35.6 Å². The number of carbonyl (C=O) groups is 1. The van der Waals surface area contributed by atoms with Crippen molar-refractivity contribution in [2.75, 3.05) is 20.1 Å². The SMILES string of the molecule is Cc1ccc(CN(C)C(C)C(=O)NC2CCN(Cc3ccccc3)CC2)cc1F. The number of carbonyl (C=O) groups excluding carboxylic acids is 1. The van der Waals surface area contributed by atoms with E-state index in [0.717, 1.165) is 38.0 Å². The Labute approximate surface area is 173 Å². The zero-order chi connectivity index (χ0) is 20.8. The Bertz CT molecular complexity index is 803. The number of hydrogen-bond donors (Lipinski definition) is 1. The van der Waals surface area contributed by atoms with E-state index in [1.54, 1.807) is 19.1 Å². The van der Waals surface area contributed by atoms with Crippen molar-refractivity contribution in [2.24, 2.45) is 0 Å². The molecule has 4 nitrogen and oxygen atoms in total.